The Hall–Kier alpha value is -2.24. The number of hydrogen-bond acceptors (Lipinski definition) is 2. The van der Waals surface area contributed by atoms with Crippen molar-refractivity contribution < 1.29 is 18.4 Å². The lowest BCUT2D eigenvalue weighted by molar-refractivity contribution is -0.133. The monoisotopic (exact) mass is 308 g/mol. The van der Waals surface area contributed by atoms with Crippen LogP contribution in [0.3, 0.4) is 0 Å². The molecule has 1 aliphatic carbocycles. The van der Waals surface area contributed by atoms with Gasteiger partial charge in [0.25, 0.3) is 0 Å². The molecular formula is C16H18F2N2O2. The minimum atomic E-state index is -0.618. The largest absolute Gasteiger partial charge is 0.368 e. The summed E-state index contributed by atoms with van der Waals surface area (Å²) in [6.45, 7) is -0.167. The quantitative estimate of drug-likeness (QED) is 0.848. The molecule has 1 aliphatic rings. The summed E-state index contributed by atoms with van der Waals surface area (Å²) in [4.78, 5) is 24.8. The summed E-state index contributed by atoms with van der Waals surface area (Å²) >= 11 is 0. The molecule has 4 nitrogen and oxygen atoms in total. The molecule has 0 spiro atoms. The van der Waals surface area contributed by atoms with Gasteiger partial charge in [-0.25, -0.2) is 8.78 Å². The third-order valence-electron chi connectivity index (χ3n) is 3.74. The molecule has 0 aliphatic heterocycles. The van der Waals surface area contributed by atoms with Crippen molar-refractivity contribution in [2.45, 2.75) is 31.7 Å². The molecule has 6 heteroatoms. The van der Waals surface area contributed by atoms with E-state index in [0.29, 0.717) is 0 Å². The number of hydrogen-bond donors (Lipinski definition) is 1. The summed E-state index contributed by atoms with van der Waals surface area (Å²) < 4.78 is 26.6. The Morgan fingerprint density at radius 3 is 2.59 bits per heavy atom. The Balaban J connectivity index is 2.14. The lowest BCUT2D eigenvalue weighted by Gasteiger charge is -2.26. The molecule has 118 valence electrons. The van der Waals surface area contributed by atoms with Gasteiger partial charge >= 0.3 is 0 Å². The number of halogens is 2. The van der Waals surface area contributed by atoms with Crippen LogP contribution in [0.15, 0.2) is 24.3 Å². The van der Waals surface area contributed by atoms with E-state index in [1.165, 1.54) is 11.0 Å². The van der Waals surface area contributed by atoms with Crippen LogP contribution >= 0.6 is 0 Å². The van der Waals surface area contributed by atoms with Crippen molar-refractivity contribution >= 4 is 17.9 Å². The first-order chi connectivity index (χ1) is 10.5. The van der Waals surface area contributed by atoms with Crippen molar-refractivity contribution in [3.05, 3.63) is 41.5 Å². The molecule has 0 bridgehead atoms. The maximum Gasteiger partial charge on any atom is 0.247 e. The molecule has 0 aromatic heterocycles. The number of nitrogens with zero attached hydrogens (tertiary/aromatic N) is 1. The Kier molecular flexibility index (Phi) is 5.25. The summed E-state index contributed by atoms with van der Waals surface area (Å²) in [5, 5.41) is 0. The van der Waals surface area contributed by atoms with E-state index >= 15 is 0 Å². The van der Waals surface area contributed by atoms with E-state index in [-0.39, 0.29) is 18.2 Å². The minimum absolute atomic E-state index is 0.0150. The standard InChI is InChI=1S/C16H18F2N2O2/c17-12-6-7-14(18)11(9-12)5-8-16(22)20(10-15(19)21)13-3-1-2-4-13/h5-9,13H,1-4,10H2,(H2,19,21)/b8-5-. The molecule has 0 radical (unpaired) electrons. The van der Waals surface area contributed by atoms with Crippen LogP contribution in [0.1, 0.15) is 31.2 Å². The van der Waals surface area contributed by atoms with Gasteiger partial charge in [0.1, 0.15) is 11.6 Å². The van der Waals surface area contributed by atoms with E-state index in [4.69, 9.17) is 5.73 Å². The van der Waals surface area contributed by atoms with Crippen molar-refractivity contribution in [2.24, 2.45) is 5.73 Å². The number of carbonyl (C=O) groups is 2. The van der Waals surface area contributed by atoms with Gasteiger partial charge in [-0.05, 0) is 37.1 Å². The zero-order valence-electron chi connectivity index (χ0n) is 12.1. The van der Waals surface area contributed by atoms with E-state index in [1.54, 1.807) is 0 Å². The van der Waals surface area contributed by atoms with Crippen LogP contribution in [-0.2, 0) is 9.59 Å². The normalized spacial score (nSPS) is 15.4. The molecule has 1 aromatic rings. The third kappa shape index (κ3) is 4.13. The highest BCUT2D eigenvalue weighted by Gasteiger charge is 2.26. The Bertz CT molecular complexity index is 596. The number of amides is 2. The van der Waals surface area contributed by atoms with Gasteiger partial charge in [0.15, 0.2) is 0 Å². The van der Waals surface area contributed by atoms with Crippen LogP contribution in [-0.4, -0.2) is 29.3 Å². The molecule has 0 saturated heterocycles. The topological polar surface area (TPSA) is 63.4 Å². The number of primary amides is 1. The number of carbonyl (C=O) groups excluding carboxylic acids is 2. The molecule has 0 heterocycles. The van der Waals surface area contributed by atoms with Gasteiger partial charge in [-0.3, -0.25) is 9.59 Å². The first kappa shape index (κ1) is 16.1. The van der Waals surface area contributed by atoms with Crippen molar-refractivity contribution in [2.75, 3.05) is 6.54 Å². The average molecular weight is 308 g/mol. The molecule has 2 rings (SSSR count). The summed E-state index contributed by atoms with van der Waals surface area (Å²) in [7, 11) is 0. The predicted molar refractivity (Wildman–Crippen MR) is 78.6 cm³/mol. The third-order valence-corrected chi connectivity index (χ3v) is 3.74. The Morgan fingerprint density at radius 1 is 1.27 bits per heavy atom. The fourth-order valence-electron chi connectivity index (χ4n) is 2.67. The molecule has 0 atom stereocenters. The summed E-state index contributed by atoms with van der Waals surface area (Å²) in [6.07, 6.45) is 6.00. The van der Waals surface area contributed by atoms with Crippen molar-refractivity contribution in [1.29, 1.82) is 0 Å². The van der Waals surface area contributed by atoms with Crippen LogP contribution in [0.5, 0.6) is 0 Å². The first-order valence-corrected chi connectivity index (χ1v) is 7.19. The highest BCUT2D eigenvalue weighted by Crippen LogP contribution is 2.23. The Labute approximate surface area is 127 Å². The number of nitrogens with two attached hydrogens (primary N) is 1. The zero-order valence-corrected chi connectivity index (χ0v) is 12.1. The second-order valence-corrected chi connectivity index (χ2v) is 5.37. The molecule has 2 amide bonds. The van der Waals surface area contributed by atoms with Gasteiger partial charge in [0.2, 0.25) is 11.8 Å². The van der Waals surface area contributed by atoms with Gasteiger partial charge in [-0.1, -0.05) is 12.8 Å². The predicted octanol–water partition coefficient (Wildman–Crippen LogP) is 2.23. The zero-order chi connectivity index (χ0) is 16.1. The van der Waals surface area contributed by atoms with Gasteiger partial charge in [-0.2, -0.15) is 0 Å². The maximum absolute atomic E-state index is 13.5. The smallest absolute Gasteiger partial charge is 0.247 e. The van der Waals surface area contributed by atoms with Crippen LogP contribution < -0.4 is 5.73 Å². The van der Waals surface area contributed by atoms with Gasteiger partial charge < -0.3 is 10.6 Å². The van der Waals surface area contributed by atoms with Gasteiger partial charge in [-0.15, -0.1) is 0 Å². The average Bonchev–Trinajstić information content (AvgIpc) is 2.99. The summed E-state index contributed by atoms with van der Waals surface area (Å²) in [5.74, 6) is -2.22. The van der Waals surface area contributed by atoms with E-state index in [9.17, 15) is 18.4 Å². The summed E-state index contributed by atoms with van der Waals surface area (Å²) in [5.41, 5.74) is 5.17. The van der Waals surface area contributed by atoms with Crippen molar-refractivity contribution in [3.63, 3.8) is 0 Å². The summed E-state index contributed by atoms with van der Waals surface area (Å²) in [6, 6.07) is 2.99. The molecule has 0 unspecified atom stereocenters. The highest BCUT2D eigenvalue weighted by molar-refractivity contribution is 5.94. The van der Waals surface area contributed by atoms with Crippen molar-refractivity contribution in [1.82, 2.24) is 4.90 Å². The van der Waals surface area contributed by atoms with E-state index in [1.807, 2.05) is 0 Å². The van der Waals surface area contributed by atoms with Gasteiger partial charge in [0, 0.05) is 17.7 Å². The second-order valence-electron chi connectivity index (χ2n) is 5.37. The van der Waals surface area contributed by atoms with Crippen LogP contribution in [0, 0.1) is 11.6 Å². The molecule has 22 heavy (non-hydrogen) atoms. The number of rotatable bonds is 5. The second kappa shape index (κ2) is 7.15. The van der Waals surface area contributed by atoms with E-state index in [0.717, 1.165) is 50.0 Å². The Morgan fingerprint density at radius 2 is 1.95 bits per heavy atom. The van der Waals surface area contributed by atoms with E-state index < -0.39 is 23.4 Å². The number of benzene rings is 1. The lowest BCUT2D eigenvalue weighted by Crippen LogP contribution is -2.43. The minimum Gasteiger partial charge on any atom is -0.368 e. The molecule has 1 aromatic carbocycles. The first-order valence-electron chi connectivity index (χ1n) is 7.19. The fraction of sp³-hybridized carbons (Fsp3) is 0.375. The molecular weight excluding hydrogens is 290 g/mol. The van der Waals surface area contributed by atoms with Gasteiger partial charge in [0.05, 0.1) is 6.54 Å². The fourth-order valence-corrected chi connectivity index (χ4v) is 2.67. The lowest BCUT2D eigenvalue weighted by atomic mass is 10.1. The van der Waals surface area contributed by atoms with Crippen LogP contribution in [0.4, 0.5) is 8.78 Å². The molecule has 1 fully saturated rings. The molecule has 2 N–H and O–H groups in total. The van der Waals surface area contributed by atoms with E-state index in [2.05, 4.69) is 0 Å². The maximum atomic E-state index is 13.5. The van der Waals surface area contributed by atoms with Crippen molar-refractivity contribution in [3.8, 4) is 0 Å². The SMILES string of the molecule is NC(=O)CN(C(=O)/C=C\c1cc(F)ccc1F)C1CCCC1. The molecule has 1 saturated carbocycles. The highest BCUT2D eigenvalue weighted by atomic mass is 19.1. The van der Waals surface area contributed by atoms with Crippen LogP contribution in [0.2, 0.25) is 0 Å². The van der Waals surface area contributed by atoms with Crippen LogP contribution in [0.25, 0.3) is 6.08 Å².